The van der Waals surface area contributed by atoms with Gasteiger partial charge in [0.15, 0.2) is 0 Å². The highest BCUT2D eigenvalue weighted by atomic mass is 16.3. The summed E-state index contributed by atoms with van der Waals surface area (Å²) in [6.07, 6.45) is 4.10. The van der Waals surface area contributed by atoms with E-state index in [0.29, 0.717) is 5.75 Å². The summed E-state index contributed by atoms with van der Waals surface area (Å²) in [7, 11) is 0. The van der Waals surface area contributed by atoms with Gasteiger partial charge in [-0.1, -0.05) is 25.0 Å². The van der Waals surface area contributed by atoms with Gasteiger partial charge in [0.1, 0.15) is 5.75 Å². The van der Waals surface area contributed by atoms with Crippen molar-refractivity contribution in [1.82, 2.24) is 5.32 Å². The van der Waals surface area contributed by atoms with E-state index in [1.54, 1.807) is 12.1 Å². The first-order valence-electron chi connectivity index (χ1n) is 5.95. The fourth-order valence-corrected chi connectivity index (χ4v) is 2.21. The molecule has 0 unspecified atom stereocenters. The fourth-order valence-electron chi connectivity index (χ4n) is 2.21. The van der Waals surface area contributed by atoms with Crippen LogP contribution in [0, 0.1) is 0 Å². The van der Waals surface area contributed by atoms with Crippen LogP contribution in [0.15, 0.2) is 24.3 Å². The Balaban J connectivity index is 1.84. The molecule has 0 bridgehead atoms. The molecule has 0 amide bonds. The van der Waals surface area contributed by atoms with Crippen LogP contribution in [0.2, 0.25) is 0 Å². The third-order valence-corrected chi connectivity index (χ3v) is 3.23. The molecule has 3 heteroatoms. The Kier molecular flexibility index (Phi) is 3.80. The Morgan fingerprint density at radius 1 is 1.12 bits per heavy atom. The molecule has 16 heavy (non-hydrogen) atoms. The van der Waals surface area contributed by atoms with Crippen molar-refractivity contribution >= 4 is 0 Å². The number of phenolic OH excluding ortho intramolecular Hbond substituents is 1. The Morgan fingerprint density at radius 2 is 1.81 bits per heavy atom. The Bertz CT molecular complexity index is 323. The zero-order chi connectivity index (χ0) is 11.4. The summed E-state index contributed by atoms with van der Waals surface area (Å²) in [4.78, 5) is 0. The second-order valence-electron chi connectivity index (χ2n) is 4.51. The van der Waals surface area contributed by atoms with Gasteiger partial charge in [-0.15, -0.1) is 0 Å². The number of aliphatic hydroxyl groups is 1. The monoisotopic (exact) mass is 221 g/mol. The summed E-state index contributed by atoms with van der Waals surface area (Å²) in [6, 6.07) is 7.40. The smallest absolute Gasteiger partial charge is 0.115 e. The van der Waals surface area contributed by atoms with E-state index in [1.165, 1.54) is 6.42 Å². The summed E-state index contributed by atoms with van der Waals surface area (Å²) in [5, 5.41) is 22.3. The molecule has 2 atom stereocenters. The van der Waals surface area contributed by atoms with Gasteiger partial charge in [-0.25, -0.2) is 0 Å². The highest BCUT2D eigenvalue weighted by molar-refractivity contribution is 5.25. The average molecular weight is 221 g/mol. The number of rotatable bonds is 3. The third-order valence-electron chi connectivity index (χ3n) is 3.23. The van der Waals surface area contributed by atoms with Crippen molar-refractivity contribution in [3.05, 3.63) is 29.8 Å². The van der Waals surface area contributed by atoms with Gasteiger partial charge >= 0.3 is 0 Å². The summed E-state index contributed by atoms with van der Waals surface area (Å²) >= 11 is 0. The number of benzene rings is 1. The van der Waals surface area contributed by atoms with Crippen LogP contribution in [0.4, 0.5) is 0 Å². The first-order chi connectivity index (χ1) is 7.75. The van der Waals surface area contributed by atoms with Crippen molar-refractivity contribution in [2.45, 2.75) is 44.4 Å². The molecule has 88 valence electrons. The summed E-state index contributed by atoms with van der Waals surface area (Å²) in [5.41, 5.74) is 1.13. The van der Waals surface area contributed by atoms with Crippen molar-refractivity contribution in [3.8, 4) is 5.75 Å². The minimum atomic E-state index is -0.203. The maximum atomic E-state index is 9.79. The highest BCUT2D eigenvalue weighted by Gasteiger charge is 2.21. The van der Waals surface area contributed by atoms with E-state index in [2.05, 4.69) is 5.32 Å². The number of nitrogens with one attached hydrogen (secondary N) is 1. The van der Waals surface area contributed by atoms with E-state index in [-0.39, 0.29) is 12.1 Å². The molecule has 1 aromatic carbocycles. The zero-order valence-corrected chi connectivity index (χ0v) is 9.39. The second-order valence-corrected chi connectivity index (χ2v) is 4.51. The van der Waals surface area contributed by atoms with Gasteiger partial charge in [0.2, 0.25) is 0 Å². The SMILES string of the molecule is Oc1ccc(CN[C@@H]2CCCC[C@H]2O)cc1. The number of aromatic hydroxyl groups is 1. The lowest BCUT2D eigenvalue weighted by Gasteiger charge is -2.28. The minimum Gasteiger partial charge on any atom is -0.508 e. The molecule has 0 spiro atoms. The van der Waals surface area contributed by atoms with Gasteiger partial charge in [-0.2, -0.15) is 0 Å². The summed E-state index contributed by atoms with van der Waals surface area (Å²) in [5.74, 6) is 0.293. The number of hydrogen-bond acceptors (Lipinski definition) is 3. The molecular weight excluding hydrogens is 202 g/mol. The highest BCUT2D eigenvalue weighted by Crippen LogP contribution is 2.19. The van der Waals surface area contributed by atoms with Gasteiger partial charge in [-0.05, 0) is 30.5 Å². The number of aliphatic hydroxyl groups excluding tert-OH is 1. The number of phenols is 1. The summed E-state index contributed by atoms with van der Waals surface area (Å²) < 4.78 is 0. The predicted molar refractivity (Wildman–Crippen MR) is 63.2 cm³/mol. The molecule has 1 aliphatic carbocycles. The molecule has 0 radical (unpaired) electrons. The Labute approximate surface area is 96.1 Å². The molecule has 1 fully saturated rings. The van der Waals surface area contributed by atoms with Crippen LogP contribution in [0.1, 0.15) is 31.2 Å². The van der Waals surface area contributed by atoms with Crippen LogP contribution < -0.4 is 5.32 Å². The minimum absolute atomic E-state index is 0.203. The normalized spacial score (nSPS) is 25.6. The van der Waals surface area contributed by atoms with E-state index in [1.807, 2.05) is 12.1 Å². The molecule has 3 nitrogen and oxygen atoms in total. The van der Waals surface area contributed by atoms with Crippen molar-refractivity contribution in [2.24, 2.45) is 0 Å². The van der Waals surface area contributed by atoms with Crippen LogP contribution in [0.5, 0.6) is 5.75 Å². The molecule has 1 aromatic rings. The van der Waals surface area contributed by atoms with E-state index < -0.39 is 0 Å². The Morgan fingerprint density at radius 3 is 2.50 bits per heavy atom. The maximum absolute atomic E-state index is 9.79. The van der Waals surface area contributed by atoms with Crippen LogP contribution in [0.3, 0.4) is 0 Å². The molecule has 0 saturated heterocycles. The van der Waals surface area contributed by atoms with Gasteiger partial charge < -0.3 is 15.5 Å². The third kappa shape index (κ3) is 2.97. The second kappa shape index (κ2) is 5.32. The molecule has 1 saturated carbocycles. The lowest BCUT2D eigenvalue weighted by Crippen LogP contribution is -2.41. The van der Waals surface area contributed by atoms with Crippen LogP contribution in [0.25, 0.3) is 0 Å². The lowest BCUT2D eigenvalue weighted by molar-refractivity contribution is 0.0902. The average Bonchev–Trinajstić information content (AvgIpc) is 2.30. The van der Waals surface area contributed by atoms with Gasteiger partial charge in [0.25, 0.3) is 0 Å². The fraction of sp³-hybridized carbons (Fsp3) is 0.538. The van der Waals surface area contributed by atoms with Crippen molar-refractivity contribution in [2.75, 3.05) is 0 Å². The molecule has 3 N–H and O–H groups in total. The zero-order valence-electron chi connectivity index (χ0n) is 9.39. The van der Waals surface area contributed by atoms with E-state index >= 15 is 0 Å². The van der Waals surface area contributed by atoms with Gasteiger partial charge in [0, 0.05) is 12.6 Å². The summed E-state index contributed by atoms with van der Waals surface area (Å²) in [6.45, 7) is 0.752. The maximum Gasteiger partial charge on any atom is 0.115 e. The molecule has 0 aliphatic heterocycles. The molecular formula is C13H19NO2. The van der Waals surface area contributed by atoms with Crippen LogP contribution in [-0.2, 0) is 6.54 Å². The van der Waals surface area contributed by atoms with Crippen LogP contribution >= 0.6 is 0 Å². The van der Waals surface area contributed by atoms with Crippen LogP contribution in [-0.4, -0.2) is 22.4 Å². The quantitative estimate of drug-likeness (QED) is 0.729. The Hall–Kier alpha value is -1.06. The molecule has 0 heterocycles. The van der Waals surface area contributed by atoms with Crippen molar-refractivity contribution in [1.29, 1.82) is 0 Å². The lowest BCUT2D eigenvalue weighted by atomic mass is 9.92. The van der Waals surface area contributed by atoms with Crippen molar-refractivity contribution in [3.63, 3.8) is 0 Å². The van der Waals surface area contributed by atoms with Gasteiger partial charge in [-0.3, -0.25) is 0 Å². The van der Waals surface area contributed by atoms with Gasteiger partial charge in [0.05, 0.1) is 6.10 Å². The standard InChI is InChI=1S/C13H19NO2/c15-11-7-5-10(6-8-11)9-14-12-3-1-2-4-13(12)16/h5-8,12-16H,1-4,9H2/t12-,13-/m1/s1. The number of hydrogen-bond donors (Lipinski definition) is 3. The topological polar surface area (TPSA) is 52.5 Å². The largest absolute Gasteiger partial charge is 0.508 e. The first-order valence-corrected chi connectivity index (χ1v) is 5.95. The molecule has 1 aliphatic rings. The van der Waals surface area contributed by atoms with Crippen molar-refractivity contribution < 1.29 is 10.2 Å². The van der Waals surface area contributed by atoms with E-state index in [4.69, 9.17) is 5.11 Å². The van der Waals surface area contributed by atoms with E-state index in [9.17, 15) is 5.11 Å². The first kappa shape index (κ1) is 11.4. The molecule has 0 aromatic heterocycles. The van der Waals surface area contributed by atoms with E-state index in [0.717, 1.165) is 31.4 Å². The molecule has 2 rings (SSSR count). The predicted octanol–water partition coefficient (Wildman–Crippen LogP) is 1.79.